The molecule has 1 atom stereocenters. The van der Waals surface area contributed by atoms with Gasteiger partial charge in [-0.1, -0.05) is 57.2 Å². The fourth-order valence-electron chi connectivity index (χ4n) is 5.04. The molecular weight excluding hydrogens is 388 g/mol. The first-order valence-electron chi connectivity index (χ1n) is 11.4. The number of nitro groups is 1. The van der Waals surface area contributed by atoms with Gasteiger partial charge in [0.2, 0.25) is 5.72 Å². The van der Waals surface area contributed by atoms with Gasteiger partial charge in [0.1, 0.15) is 5.75 Å². The lowest BCUT2D eigenvalue weighted by Gasteiger charge is -2.47. The molecule has 0 radical (unpaired) electrons. The lowest BCUT2D eigenvalue weighted by molar-refractivity contribution is -0.384. The van der Waals surface area contributed by atoms with E-state index in [4.69, 9.17) is 4.74 Å². The molecule has 2 heterocycles. The van der Waals surface area contributed by atoms with Crippen LogP contribution in [0.4, 0.5) is 11.4 Å². The molecule has 1 spiro atoms. The molecule has 0 amide bonds. The summed E-state index contributed by atoms with van der Waals surface area (Å²) in [6.45, 7) is 7.62. The van der Waals surface area contributed by atoms with Gasteiger partial charge in [0.15, 0.2) is 0 Å². The van der Waals surface area contributed by atoms with Crippen LogP contribution in [0.25, 0.3) is 6.08 Å². The molecule has 0 N–H and O–H groups in total. The van der Waals surface area contributed by atoms with Crippen molar-refractivity contribution < 1.29 is 9.66 Å². The number of nitro benzene ring substituents is 1. The molecule has 31 heavy (non-hydrogen) atoms. The summed E-state index contributed by atoms with van der Waals surface area (Å²) in [6, 6.07) is 13.4. The van der Waals surface area contributed by atoms with Crippen molar-refractivity contribution in [3.05, 3.63) is 69.8 Å². The van der Waals surface area contributed by atoms with E-state index in [2.05, 4.69) is 56.0 Å². The van der Waals surface area contributed by atoms with Crippen LogP contribution >= 0.6 is 0 Å². The van der Waals surface area contributed by atoms with Gasteiger partial charge in [-0.2, -0.15) is 0 Å². The zero-order chi connectivity index (χ0) is 22.1. The molecule has 0 saturated heterocycles. The molecule has 2 aliphatic heterocycles. The Morgan fingerprint density at radius 2 is 1.77 bits per heavy atom. The Bertz CT molecular complexity index is 998. The zero-order valence-corrected chi connectivity index (χ0v) is 18.8. The monoisotopic (exact) mass is 420 g/mol. The van der Waals surface area contributed by atoms with Crippen LogP contribution in [0.5, 0.6) is 5.75 Å². The maximum atomic E-state index is 11.2. The molecule has 164 valence electrons. The highest BCUT2D eigenvalue weighted by molar-refractivity contribution is 5.73. The standard InChI is InChI=1S/C26H32N2O3/c1-4-5-6-7-8-11-18-27-23-13-10-9-12-22(23)25(2,3)26(27)17-16-20-19-21(28(29)30)14-15-24(20)31-26/h9-10,12-17,19H,4-8,11,18H2,1-3H3/t26-/m0/s1. The van der Waals surface area contributed by atoms with E-state index < -0.39 is 5.72 Å². The van der Waals surface area contributed by atoms with Crippen molar-refractivity contribution in [3.8, 4) is 5.75 Å². The fraction of sp³-hybridized carbons (Fsp3) is 0.462. The second kappa shape index (κ2) is 8.37. The van der Waals surface area contributed by atoms with Crippen LogP contribution < -0.4 is 9.64 Å². The van der Waals surface area contributed by atoms with Crippen molar-refractivity contribution >= 4 is 17.5 Å². The van der Waals surface area contributed by atoms with Crippen molar-refractivity contribution in [2.24, 2.45) is 0 Å². The molecule has 5 nitrogen and oxygen atoms in total. The van der Waals surface area contributed by atoms with Crippen molar-refractivity contribution in [3.63, 3.8) is 0 Å². The number of para-hydroxylation sites is 1. The highest BCUT2D eigenvalue weighted by Gasteiger charge is 2.58. The molecule has 2 aliphatic rings. The summed E-state index contributed by atoms with van der Waals surface area (Å²) < 4.78 is 6.74. The van der Waals surface area contributed by atoms with Crippen LogP contribution in [-0.2, 0) is 5.41 Å². The number of nitrogens with zero attached hydrogens (tertiary/aromatic N) is 2. The Morgan fingerprint density at radius 1 is 1.03 bits per heavy atom. The molecule has 0 unspecified atom stereocenters. The minimum atomic E-state index is -0.650. The molecule has 0 aromatic heterocycles. The van der Waals surface area contributed by atoms with E-state index in [-0.39, 0.29) is 16.0 Å². The summed E-state index contributed by atoms with van der Waals surface area (Å²) >= 11 is 0. The summed E-state index contributed by atoms with van der Waals surface area (Å²) in [7, 11) is 0. The lowest BCUT2D eigenvalue weighted by atomic mass is 9.76. The van der Waals surface area contributed by atoms with Crippen LogP contribution in [0.15, 0.2) is 48.5 Å². The van der Waals surface area contributed by atoms with E-state index in [1.165, 1.54) is 49.4 Å². The Balaban J connectivity index is 1.66. The maximum absolute atomic E-state index is 11.2. The maximum Gasteiger partial charge on any atom is 0.270 e. The number of rotatable bonds is 8. The van der Waals surface area contributed by atoms with E-state index in [9.17, 15) is 10.1 Å². The molecule has 5 heteroatoms. The average molecular weight is 421 g/mol. The van der Waals surface area contributed by atoms with Crippen molar-refractivity contribution in [2.45, 2.75) is 70.4 Å². The van der Waals surface area contributed by atoms with E-state index >= 15 is 0 Å². The third-order valence-electron chi connectivity index (χ3n) is 6.86. The van der Waals surface area contributed by atoms with Crippen LogP contribution in [0.1, 0.15) is 70.4 Å². The second-order valence-electron chi connectivity index (χ2n) is 9.17. The number of hydrogen-bond acceptors (Lipinski definition) is 4. The minimum absolute atomic E-state index is 0.0841. The van der Waals surface area contributed by atoms with Gasteiger partial charge < -0.3 is 9.64 Å². The summed E-state index contributed by atoms with van der Waals surface area (Å²) in [4.78, 5) is 13.2. The van der Waals surface area contributed by atoms with Gasteiger partial charge in [0.25, 0.3) is 5.69 Å². The third-order valence-corrected chi connectivity index (χ3v) is 6.86. The second-order valence-corrected chi connectivity index (χ2v) is 9.17. The van der Waals surface area contributed by atoms with Crippen LogP contribution in [0.2, 0.25) is 0 Å². The van der Waals surface area contributed by atoms with E-state index in [1.54, 1.807) is 12.1 Å². The topological polar surface area (TPSA) is 55.6 Å². The molecular formula is C26H32N2O3. The van der Waals surface area contributed by atoms with Gasteiger partial charge in [-0.15, -0.1) is 0 Å². The SMILES string of the molecule is CCCCCCCCN1c2ccccc2C(C)(C)[C@@]12C=Cc1cc([N+](=O)[O-])ccc1O2. The predicted molar refractivity (Wildman–Crippen MR) is 126 cm³/mol. The summed E-state index contributed by atoms with van der Waals surface area (Å²) in [5.41, 5.74) is 2.41. The van der Waals surface area contributed by atoms with Crippen LogP contribution in [0.3, 0.4) is 0 Å². The van der Waals surface area contributed by atoms with Gasteiger partial charge in [0.05, 0.1) is 10.3 Å². The first-order valence-corrected chi connectivity index (χ1v) is 11.4. The Morgan fingerprint density at radius 3 is 2.55 bits per heavy atom. The highest BCUT2D eigenvalue weighted by atomic mass is 16.6. The number of ether oxygens (including phenoxy) is 1. The first kappa shape index (κ1) is 21.4. The predicted octanol–water partition coefficient (Wildman–Crippen LogP) is 6.86. The number of non-ortho nitro benzene ring substituents is 1. The Kier molecular flexibility index (Phi) is 5.78. The molecule has 2 aromatic carbocycles. The first-order chi connectivity index (χ1) is 14.9. The largest absolute Gasteiger partial charge is 0.463 e. The number of hydrogen-bond donors (Lipinski definition) is 0. The summed E-state index contributed by atoms with van der Waals surface area (Å²) in [5.74, 6) is 0.696. The van der Waals surface area contributed by atoms with Crippen molar-refractivity contribution in [1.29, 1.82) is 0 Å². The molecule has 0 saturated carbocycles. The average Bonchev–Trinajstić information content (AvgIpc) is 2.94. The molecule has 0 fully saturated rings. The highest BCUT2D eigenvalue weighted by Crippen LogP contribution is 2.55. The van der Waals surface area contributed by atoms with Crippen molar-refractivity contribution in [1.82, 2.24) is 0 Å². The van der Waals surface area contributed by atoms with Gasteiger partial charge in [-0.25, -0.2) is 0 Å². The number of anilines is 1. The fourth-order valence-corrected chi connectivity index (χ4v) is 5.04. The van der Waals surface area contributed by atoms with Crippen LogP contribution in [-0.4, -0.2) is 17.2 Å². The molecule has 0 aliphatic carbocycles. The van der Waals surface area contributed by atoms with Gasteiger partial charge in [-0.05, 0) is 50.1 Å². The minimum Gasteiger partial charge on any atom is -0.463 e. The Hall–Kier alpha value is -2.82. The number of benzene rings is 2. The van der Waals surface area contributed by atoms with Gasteiger partial charge in [0, 0.05) is 29.9 Å². The quantitative estimate of drug-likeness (QED) is 0.266. The van der Waals surface area contributed by atoms with E-state index in [0.717, 1.165) is 18.5 Å². The van der Waals surface area contributed by atoms with E-state index in [1.807, 2.05) is 6.08 Å². The van der Waals surface area contributed by atoms with Gasteiger partial charge in [-0.3, -0.25) is 10.1 Å². The molecule has 4 rings (SSSR count). The van der Waals surface area contributed by atoms with E-state index in [0.29, 0.717) is 5.75 Å². The lowest BCUT2D eigenvalue weighted by Crippen LogP contribution is -2.59. The summed E-state index contributed by atoms with van der Waals surface area (Å²) in [5, 5.41) is 11.2. The normalized spacial score (nSPS) is 20.4. The Labute approximate surface area is 184 Å². The third kappa shape index (κ3) is 3.60. The van der Waals surface area contributed by atoms with Crippen LogP contribution in [0, 0.1) is 10.1 Å². The molecule has 2 aromatic rings. The number of fused-ring (bicyclic) bond motifs is 2. The smallest absolute Gasteiger partial charge is 0.270 e. The number of unbranched alkanes of at least 4 members (excludes halogenated alkanes) is 5. The molecule has 0 bridgehead atoms. The zero-order valence-electron chi connectivity index (χ0n) is 18.8. The van der Waals surface area contributed by atoms with Gasteiger partial charge >= 0.3 is 0 Å². The van der Waals surface area contributed by atoms with Crippen molar-refractivity contribution in [2.75, 3.05) is 11.4 Å². The summed E-state index contributed by atoms with van der Waals surface area (Å²) in [6.07, 6.45) is 11.5.